The number of piperidine rings is 1. The molecular weight excluding hydrogens is 1260 g/mol. The number of nitrogens with zero attached hydrogens (tertiary/aromatic N) is 7. The smallest absolute Gasteiger partial charge is 0.328 e. The third-order valence-electron chi connectivity index (χ3n) is 16.8. The average molecular weight is 1360 g/mol. The lowest BCUT2D eigenvalue weighted by Gasteiger charge is -2.27. The number of fused-ring (bicyclic) bond motifs is 2. The molecule has 1 saturated heterocycles. The van der Waals surface area contributed by atoms with E-state index in [0.29, 0.717) is 70.7 Å². The van der Waals surface area contributed by atoms with Crippen molar-refractivity contribution in [1.29, 1.82) is 0 Å². The normalized spacial score (nSPS) is 16.0. The van der Waals surface area contributed by atoms with Crippen molar-refractivity contribution in [3.8, 4) is 11.3 Å². The van der Waals surface area contributed by atoms with Crippen LogP contribution in [-0.2, 0) is 79.7 Å². The van der Waals surface area contributed by atoms with Gasteiger partial charge in [0.1, 0.15) is 59.6 Å². The monoisotopic (exact) mass is 1360 g/mol. The second-order valence-electron chi connectivity index (χ2n) is 24.3. The Labute approximate surface area is 553 Å². The molecule has 1 aliphatic carbocycles. The number of carbonyl (C=O) groups is 9. The SMILES string of the molecule is COC(=O)CCCCCCCCCCCCCCCCC(=O)N[C@@H](CCC(=O)CCCOCCOCC(=O)NCCOCCOCC(=O)CCc1ncc(-c2cc3c(C(C)=O)nn(CC(=O)N4[C@H](C(=O)Nc5nc(Br)ccc5C)C[C@@]5(C)C[C@@H]45)c3cn2)cn1)C(=O)OC. The Morgan fingerprint density at radius 1 is 0.677 bits per heavy atom. The van der Waals surface area contributed by atoms with E-state index < -0.39 is 18.1 Å². The number of ether oxygens (including phenoxy) is 6. The van der Waals surface area contributed by atoms with Crippen LogP contribution in [0.15, 0.2) is 41.4 Å². The number of anilines is 1. The summed E-state index contributed by atoms with van der Waals surface area (Å²) in [7, 11) is 2.69. The summed E-state index contributed by atoms with van der Waals surface area (Å²) in [5, 5.41) is 13.4. The van der Waals surface area contributed by atoms with E-state index in [1.165, 1.54) is 77.2 Å². The summed E-state index contributed by atoms with van der Waals surface area (Å²) < 4.78 is 33.5. The number of likely N-dealkylation sites (tertiary alicyclic amines) is 1. The van der Waals surface area contributed by atoms with Gasteiger partial charge in [-0.25, -0.2) is 19.7 Å². The lowest BCUT2D eigenvalue weighted by molar-refractivity contribution is -0.145. The standard InChI is InChI=1S/C67H95BrN10O15/c1-46-24-28-57(68)74-64(46)75-65(86)54-38-67(3)39-56(67)78(54)61(84)43-77-55-42-70-53(37-51(55)63(76-77)47(2)79)48-40-71-58(72-41-48)29-26-50(81)44-92-35-34-91-32-30-69-60(83)45-93-36-33-90-31-20-21-49(80)25-27-52(66(87)89-5)73-59(82)22-18-16-14-12-10-8-6-7-9-11-13-15-17-19-23-62(85)88-4/h24,28,37,40-42,52,54,56H,6-23,25-27,29-36,38-39,43-45H2,1-5H3,(H,69,83)(H,73,82)(H,74,75,86)/t52-,54-,56+,67-/m0/s1. The molecule has 2 fully saturated rings. The van der Waals surface area contributed by atoms with Crippen molar-refractivity contribution in [3.63, 3.8) is 0 Å². The van der Waals surface area contributed by atoms with Crippen molar-refractivity contribution in [3.05, 3.63) is 58.5 Å². The molecule has 0 aromatic carbocycles. The molecule has 3 N–H and O–H groups in total. The minimum absolute atomic E-state index is 0.0527. The first kappa shape index (κ1) is 75.0. The van der Waals surface area contributed by atoms with Gasteiger partial charge >= 0.3 is 11.9 Å². The van der Waals surface area contributed by atoms with Crippen LogP contribution in [0.2, 0.25) is 0 Å². The van der Waals surface area contributed by atoms with Gasteiger partial charge in [-0.1, -0.05) is 90.0 Å². The van der Waals surface area contributed by atoms with E-state index in [1.807, 2.05) is 13.0 Å². The van der Waals surface area contributed by atoms with E-state index in [1.54, 1.807) is 35.6 Å². The highest BCUT2D eigenvalue weighted by atomic mass is 79.9. The molecule has 4 aromatic heterocycles. The number of methoxy groups -OCH3 is 2. The number of ketones is 3. The van der Waals surface area contributed by atoms with E-state index in [-0.39, 0.29) is 156 Å². The lowest BCUT2D eigenvalue weighted by atomic mass is 10.0. The predicted molar refractivity (Wildman–Crippen MR) is 349 cm³/mol. The third kappa shape index (κ3) is 26.0. The second kappa shape index (κ2) is 40.3. The average Bonchev–Trinajstić information content (AvgIpc) is 1.55. The molecule has 25 nitrogen and oxygen atoms in total. The summed E-state index contributed by atoms with van der Waals surface area (Å²) in [5.74, 6) is -1.49. The van der Waals surface area contributed by atoms with E-state index in [4.69, 9.17) is 23.7 Å². The van der Waals surface area contributed by atoms with Crippen molar-refractivity contribution >= 4 is 85.6 Å². The van der Waals surface area contributed by atoms with Gasteiger partial charge in [-0.15, -0.1) is 0 Å². The molecule has 0 spiro atoms. The van der Waals surface area contributed by atoms with Gasteiger partial charge in [0.2, 0.25) is 23.6 Å². The highest BCUT2D eigenvalue weighted by Crippen LogP contribution is 2.59. The molecule has 6 rings (SSSR count). The quantitative estimate of drug-likeness (QED) is 0.0161. The fourth-order valence-corrected chi connectivity index (χ4v) is 11.6. The van der Waals surface area contributed by atoms with Gasteiger partial charge in [0, 0.05) is 88.0 Å². The fourth-order valence-electron chi connectivity index (χ4n) is 11.3. The number of halogens is 1. The minimum atomic E-state index is -0.882. The first-order valence-corrected chi connectivity index (χ1v) is 33.7. The number of rotatable bonds is 48. The molecule has 4 atom stereocenters. The van der Waals surface area contributed by atoms with Crippen LogP contribution in [0.3, 0.4) is 0 Å². The van der Waals surface area contributed by atoms with Crippen LogP contribution < -0.4 is 16.0 Å². The number of carbonyl (C=O) groups excluding carboxylic acids is 9. The van der Waals surface area contributed by atoms with E-state index in [9.17, 15) is 43.2 Å². The maximum Gasteiger partial charge on any atom is 0.328 e. The predicted octanol–water partition coefficient (Wildman–Crippen LogP) is 8.46. The first-order valence-electron chi connectivity index (χ1n) is 32.9. The number of pyridine rings is 2. The van der Waals surface area contributed by atoms with E-state index in [2.05, 4.69) is 68.6 Å². The largest absolute Gasteiger partial charge is 0.469 e. The fraction of sp³-hybridized carbons (Fsp3) is 0.642. The zero-order valence-electron chi connectivity index (χ0n) is 54.9. The molecule has 0 unspecified atom stereocenters. The maximum atomic E-state index is 14.1. The molecular formula is C67H95BrN10O15. The van der Waals surface area contributed by atoms with Crippen molar-refractivity contribution in [2.24, 2.45) is 5.41 Å². The van der Waals surface area contributed by atoms with Gasteiger partial charge in [-0.2, -0.15) is 5.10 Å². The number of esters is 2. The summed E-state index contributed by atoms with van der Waals surface area (Å²) in [5.41, 5.74) is 2.32. The van der Waals surface area contributed by atoms with Crippen LogP contribution in [0.1, 0.15) is 183 Å². The Kier molecular flexibility index (Phi) is 32.5. The number of unbranched alkanes of at least 4 members (excludes halogenated alkanes) is 13. The highest BCUT2D eigenvalue weighted by Gasteiger charge is 2.64. The Morgan fingerprint density at radius 2 is 1.31 bits per heavy atom. The van der Waals surface area contributed by atoms with Gasteiger partial charge in [0.25, 0.3) is 0 Å². The minimum Gasteiger partial charge on any atom is -0.469 e. The van der Waals surface area contributed by atoms with Gasteiger partial charge < -0.3 is 49.3 Å². The molecule has 0 radical (unpaired) electrons. The molecule has 93 heavy (non-hydrogen) atoms. The summed E-state index contributed by atoms with van der Waals surface area (Å²) in [6, 6.07) is 3.67. The molecule has 1 saturated carbocycles. The Balaban J connectivity index is 0.737. The highest BCUT2D eigenvalue weighted by molar-refractivity contribution is 9.10. The lowest BCUT2D eigenvalue weighted by Crippen LogP contribution is -2.47. The molecule has 0 bridgehead atoms. The number of nitrogens with one attached hydrogen (secondary N) is 3. The summed E-state index contributed by atoms with van der Waals surface area (Å²) in [6.45, 7) is 6.44. The summed E-state index contributed by atoms with van der Waals surface area (Å²) >= 11 is 3.36. The van der Waals surface area contributed by atoms with Crippen molar-refractivity contribution in [2.75, 3.05) is 78.9 Å². The first-order chi connectivity index (χ1) is 44.9. The van der Waals surface area contributed by atoms with Crippen molar-refractivity contribution in [2.45, 2.75) is 200 Å². The number of hydrogen-bond acceptors (Lipinski definition) is 20. The van der Waals surface area contributed by atoms with Gasteiger partial charge in [0.05, 0.1) is 64.7 Å². The van der Waals surface area contributed by atoms with Crippen LogP contribution in [0.4, 0.5) is 5.82 Å². The van der Waals surface area contributed by atoms with Crippen LogP contribution in [-0.4, -0.2) is 179 Å². The molecule has 2 aliphatic rings. The maximum absolute atomic E-state index is 14.1. The van der Waals surface area contributed by atoms with Crippen LogP contribution in [0.25, 0.3) is 22.2 Å². The number of aryl methyl sites for hydroxylation is 2. The Hall–Kier alpha value is -7.00. The molecule has 510 valence electrons. The topological polar surface area (TPSA) is 318 Å². The third-order valence-corrected chi connectivity index (χ3v) is 17.2. The van der Waals surface area contributed by atoms with E-state index >= 15 is 0 Å². The van der Waals surface area contributed by atoms with Crippen molar-refractivity contribution < 1.29 is 71.6 Å². The van der Waals surface area contributed by atoms with Crippen LogP contribution >= 0.6 is 15.9 Å². The summed E-state index contributed by atoms with van der Waals surface area (Å²) in [4.78, 5) is 134. The second-order valence-corrected chi connectivity index (χ2v) is 25.1. The van der Waals surface area contributed by atoms with Gasteiger partial charge in [-0.05, 0) is 84.5 Å². The van der Waals surface area contributed by atoms with E-state index in [0.717, 1.165) is 50.5 Å². The van der Waals surface area contributed by atoms with Crippen LogP contribution in [0, 0.1) is 12.3 Å². The van der Waals surface area contributed by atoms with Gasteiger partial charge in [-0.3, -0.25) is 48.0 Å². The zero-order chi connectivity index (χ0) is 67.0. The van der Waals surface area contributed by atoms with Crippen molar-refractivity contribution in [1.82, 2.24) is 45.2 Å². The molecule has 5 heterocycles. The molecule has 26 heteroatoms. The number of amides is 4. The molecule has 4 amide bonds. The van der Waals surface area contributed by atoms with Gasteiger partial charge in [0.15, 0.2) is 11.6 Å². The van der Waals surface area contributed by atoms with Crippen LogP contribution in [0.5, 0.6) is 0 Å². The Morgan fingerprint density at radius 3 is 1.97 bits per heavy atom. The summed E-state index contributed by atoms with van der Waals surface area (Å²) in [6.07, 6.45) is 24.0. The molecule has 4 aromatic rings. The number of hydrogen-bond donors (Lipinski definition) is 3. The Bertz CT molecular complexity index is 3110. The number of aromatic nitrogens is 6. The number of Topliss-reactive ketones (excluding diaryl/α,β-unsaturated/α-hetero) is 3. The zero-order valence-corrected chi connectivity index (χ0v) is 56.5. The molecule has 1 aliphatic heterocycles.